The van der Waals surface area contributed by atoms with E-state index in [9.17, 15) is 9.59 Å². The van der Waals surface area contributed by atoms with Crippen molar-refractivity contribution in [1.29, 1.82) is 0 Å². The highest BCUT2D eigenvalue weighted by Gasteiger charge is 2.22. The van der Waals surface area contributed by atoms with Crippen LogP contribution in [0.15, 0.2) is 0 Å². The molecule has 0 saturated heterocycles. The van der Waals surface area contributed by atoms with Gasteiger partial charge in [-0.3, -0.25) is 9.59 Å². The predicted molar refractivity (Wildman–Crippen MR) is 49.0 cm³/mol. The summed E-state index contributed by atoms with van der Waals surface area (Å²) in [5.74, 6) is -2.00. The number of carboxylic acids is 1. The Bertz CT molecular complexity index is 171. The number of rotatable bonds is 6. The first-order valence-electron chi connectivity index (χ1n) is 4.55. The average Bonchev–Trinajstić information content (AvgIpc) is 2.05. The lowest BCUT2D eigenvalue weighted by molar-refractivity contribution is -0.142. The minimum absolute atomic E-state index is 0.305. The van der Waals surface area contributed by atoms with Crippen molar-refractivity contribution in [1.82, 2.24) is 0 Å². The molecule has 0 rings (SSSR count). The fraction of sp³-hybridized carbons (Fsp3) is 0.778. The van der Waals surface area contributed by atoms with Crippen LogP contribution in [0.1, 0.15) is 33.1 Å². The van der Waals surface area contributed by atoms with Gasteiger partial charge in [-0.15, -0.1) is 0 Å². The van der Waals surface area contributed by atoms with Gasteiger partial charge in [-0.25, -0.2) is 0 Å². The molecule has 2 atom stereocenters. The van der Waals surface area contributed by atoms with Crippen LogP contribution in [0.4, 0.5) is 0 Å². The van der Waals surface area contributed by atoms with Crippen LogP contribution in [0.2, 0.25) is 0 Å². The number of aliphatic carboxylic acids is 1. The van der Waals surface area contributed by atoms with Crippen LogP contribution >= 0.6 is 0 Å². The maximum Gasteiger partial charge on any atom is 0.306 e. The summed E-state index contributed by atoms with van der Waals surface area (Å²) in [6, 6.07) is 0. The molecule has 0 bridgehead atoms. The van der Waals surface area contributed by atoms with Crippen LogP contribution in [0, 0.1) is 11.8 Å². The van der Waals surface area contributed by atoms with E-state index in [1.54, 1.807) is 6.92 Å². The number of nitrogens with two attached hydrogens (primary N) is 1. The third-order valence-electron chi connectivity index (χ3n) is 2.31. The van der Waals surface area contributed by atoms with Gasteiger partial charge in [-0.2, -0.15) is 0 Å². The number of primary amides is 1. The van der Waals surface area contributed by atoms with Crippen molar-refractivity contribution in [2.75, 3.05) is 0 Å². The first-order chi connectivity index (χ1) is 6.02. The first kappa shape index (κ1) is 11.9. The summed E-state index contributed by atoms with van der Waals surface area (Å²) < 4.78 is 0. The van der Waals surface area contributed by atoms with Gasteiger partial charge in [-0.1, -0.05) is 13.8 Å². The minimum Gasteiger partial charge on any atom is -0.481 e. The Morgan fingerprint density at radius 1 is 1.23 bits per heavy atom. The van der Waals surface area contributed by atoms with E-state index in [-0.39, 0.29) is 5.92 Å². The van der Waals surface area contributed by atoms with Gasteiger partial charge in [0.15, 0.2) is 0 Å². The van der Waals surface area contributed by atoms with Crippen LogP contribution in [0.5, 0.6) is 0 Å². The van der Waals surface area contributed by atoms with Gasteiger partial charge >= 0.3 is 5.97 Å². The van der Waals surface area contributed by atoms with E-state index in [2.05, 4.69) is 0 Å². The van der Waals surface area contributed by atoms with E-state index in [0.717, 1.165) is 0 Å². The van der Waals surface area contributed by atoms with Crippen molar-refractivity contribution in [3.63, 3.8) is 0 Å². The fourth-order valence-electron chi connectivity index (χ4n) is 1.27. The Balaban J connectivity index is 4.19. The summed E-state index contributed by atoms with van der Waals surface area (Å²) in [6.07, 6.45) is 1.51. The molecule has 3 N–H and O–H groups in total. The lowest BCUT2D eigenvalue weighted by Gasteiger charge is -2.15. The Morgan fingerprint density at radius 3 is 1.92 bits per heavy atom. The summed E-state index contributed by atoms with van der Waals surface area (Å²) in [4.78, 5) is 21.5. The van der Waals surface area contributed by atoms with Crippen LogP contribution in [-0.4, -0.2) is 17.0 Å². The molecular weight excluding hydrogens is 170 g/mol. The number of hydrogen-bond donors (Lipinski definition) is 2. The minimum atomic E-state index is -0.845. The summed E-state index contributed by atoms with van der Waals surface area (Å²) in [5.41, 5.74) is 5.12. The first-order valence-corrected chi connectivity index (χ1v) is 4.55. The summed E-state index contributed by atoms with van der Waals surface area (Å²) in [6.45, 7) is 3.64. The molecule has 0 spiro atoms. The molecule has 2 unspecified atom stereocenters. The van der Waals surface area contributed by atoms with E-state index in [0.29, 0.717) is 19.3 Å². The van der Waals surface area contributed by atoms with E-state index in [1.807, 2.05) is 6.92 Å². The number of carbonyl (C=O) groups excluding carboxylic acids is 1. The molecule has 0 saturated carbocycles. The van der Waals surface area contributed by atoms with Crippen LogP contribution < -0.4 is 5.73 Å². The van der Waals surface area contributed by atoms with Gasteiger partial charge in [0.05, 0.1) is 5.92 Å². The van der Waals surface area contributed by atoms with Crippen LogP contribution in [-0.2, 0) is 9.59 Å². The Hall–Kier alpha value is -1.06. The van der Waals surface area contributed by atoms with E-state index >= 15 is 0 Å². The van der Waals surface area contributed by atoms with E-state index < -0.39 is 17.8 Å². The molecule has 76 valence electrons. The molecule has 0 aromatic rings. The topological polar surface area (TPSA) is 80.4 Å². The molecule has 4 heteroatoms. The van der Waals surface area contributed by atoms with Crippen LogP contribution in [0.3, 0.4) is 0 Å². The van der Waals surface area contributed by atoms with E-state index in [1.165, 1.54) is 0 Å². The maximum atomic E-state index is 10.8. The van der Waals surface area contributed by atoms with Gasteiger partial charge < -0.3 is 10.8 Å². The van der Waals surface area contributed by atoms with E-state index in [4.69, 9.17) is 10.8 Å². The molecule has 0 aliphatic carbocycles. The molecule has 0 aromatic carbocycles. The van der Waals surface area contributed by atoms with Gasteiger partial charge in [0.2, 0.25) is 5.91 Å². The average molecular weight is 187 g/mol. The molecule has 0 radical (unpaired) electrons. The number of carboxylic acid groups (broad SMARTS) is 1. The molecule has 13 heavy (non-hydrogen) atoms. The summed E-state index contributed by atoms with van der Waals surface area (Å²) in [7, 11) is 0. The fourth-order valence-corrected chi connectivity index (χ4v) is 1.27. The second kappa shape index (κ2) is 5.56. The smallest absolute Gasteiger partial charge is 0.306 e. The Kier molecular flexibility index (Phi) is 5.11. The molecule has 0 aliphatic heterocycles. The third kappa shape index (κ3) is 3.92. The maximum absolute atomic E-state index is 10.8. The lowest BCUT2D eigenvalue weighted by atomic mass is 9.90. The molecule has 0 aliphatic rings. The zero-order valence-electron chi connectivity index (χ0n) is 8.12. The highest BCUT2D eigenvalue weighted by Crippen LogP contribution is 2.18. The molecule has 1 amide bonds. The number of carbonyl (C=O) groups is 2. The normalized spacial score (nSPS) is 14.9. The molecular formula is C9H17NO3. The van der Waals surface area contributed by atoms with Crippen LogP contribution in [0.25, 0.3) is 0 Å². The second-order valence-corrected chi connectivity index (χ2v) is 3.19. The zero-order chi connectivity index (χ0) is 10.4. The van der Waals surface area contributed by atoms with Crippen molar-refractivity contribution in [3.05, 3.63) is 0 Å². The largest absolute Gasteiger partial charge is 0.481 e. The highest BCUT2D eigenvalue weighted by atomic mass is 16.4. The van der Waals surface area contributed by atoms with Crippen molar-refractivity contribution in [3.8, 4) is 0 Å². The molecule has 0 aromatic heterocycles. The zero-order valence-corrected chi connectivity index (χ0v) is 8.12. The van der Waals surface area contributed by atoms with Crippen molar-refractivity contribution in [2.45, 2.75) is 33.1 Å². The standard InChI is InChI=1S/C9H17NO3/c1-3-6(8(10)11)5-7(4-2)9(12)13/h6-7H,3-5H2,1-2H3,(H2,10,11)(H,12,13). The van der Waals surface area contributed by atoms with Crippen molar-refractivity contribution in [2.24, 2.45) is 17.6 Å². The van der Waals surface area contributed by atoms with Gasteiger partial charge in [0.25, 0.3) is 0 Å². The second-order valence-electron chi connectivity index (χ2n) is 3.19. The van der Waals surface area contributed by atoms with Gasteiger partial charge in [0.1, 0.15) is 0 Å². The Labute approximate surface area is 78.1 Å². The number of amides is 1. The lowest BCUT2D eigenvalue weighted by Crippen LogP contribution is -2.27. The van der Waals surface area contributed by atoms with Gasteiger partial charge in [-0.05, 0) is 19.3 Å². The van der Waals surface area contributed by atoms with Crippen molar-refractivity contribution < 1.29 is 14.7 Å². The molecule has 0 heterocycles. The summed E-state index contributed by atoms with van der Waals surface area (Å²) in [5, 5.41) is 8.75. The van der Waals surface area contributed by atoms with Crippen molar-refractivity contribution >= 4 is 11.9 Å². The van der Waals surface area contributed by atoms with Gasteiger partial charge in [0, 0.05) is 5.92 Å². The highest BCUT2D eigenvalue weighted by molar-refractivity contribution is 5.78. The number of hydrogen-bond acceptors (Lipinski definition) is 2. The predicted octanol–water partition coefficient (Wildman–Crippen LogP) is 0.999. The summed E-state index contributed by atoms with van der Waals surface area (Å²) >= 11 is 0. The monoisotopic (exact) mass is 187 g/mol. The molecule has 0 fully saturated rings. The molecule has 4 nitrogen and oxygen atoms in total. The Morgan fingerprint density at radius 2 is 1.69 bits per heavy atom. The quantitative estimate of drug-likeness (QED) is 0.650. The SMILES string of the molecule is CCC(CC(CC)C(=O)O)C(N)=O. The third-order valence-corrected chi connectivity index (χ3v) is 2.31.